The van der Waals surface area contributed by atoms with Gasteiger partial charge in [0.15, 0.2) is 0 Å². The van der Waals surface area contributed by atoms with Crippen LogP contribution in [0, 0.1) is 12.7 Å². The molecule has 0 N–H and O–H groups in total. The molecule has 0 bridgehead atoms. The first-order valence-corrected chi connectivity index (χ1v) is 13.8. The van der Waals surface area contributed by atoms with Crippen LogP contribution >= 0.6 is 11.3 Å². The van der Waals surface area contributed by atoms with Gasteiger partial charge in [0.2, 0.25) is 10.0 Å². The summed E-state index contributed by atoms with van der Waals surface area (Å²) in [6.45, 7) is 5.20. The van der Waals surface area contributed by atoms with Gasteiger partial charge in [-0.2, -0.15) is 4.31 Å². The summed E-state index contributed by atoms with van der Waals surface area (Å²) in [6.07, 6.45) is 0. The van der Waals surface area contributed by atoms with Crippen molar-refractivity contribution >= 4 is 37.5 Å². The van der Waals surface area contributed by atoms with Gasteiger partial charge in [0.25, 0.3) is 5.91 Å². The fraction of sp³-hybridized carbons (Fsp3) is 0.269. The number of carbonyl (C=O) groups excluding carboxylic acids is 1. The van der Waals surface area contributed by atoms with Gasteiger partial charge in [0.05, 0.1) is 4.90 Å². The standard InChI is InChI=1S/C26H26FN3O3S2/c1-18-5-3-4-6-21(18)17-29-24(15-20-11-14-34-26(20)29)25(31)28-12-13-30(19(2)16-28)35(32,33)23-9-7-22(27)8-10-23/h3-11,14-15,19H,12-13,16-17H2,1-2H3/t19-/m0/s1. The lowest BCUT2D eigenvalue weighted by Crippen LogP contribution is -2.55. The number of aryl methyl sites for hydroxylation is 1. The molecule has 1 atom stereocenters. The first-order valence-electron chi connectivity index (χ1n) is 11.4. The third kappa shape index (κ3) is 4.39. The number of piperazine rings is 1. The van der Waals surface area contributed by atoms with Crippen molar-refractivity contribution in [3.05, 3.63) is 88.7 Å². The molecule has 1 aliphatic rings. The van der Waals surface area contributed by atoms with E-state index in [0.717, 1.165) is 33.5 Å². The van der Waals surface area contributed by atoms with E-state index in [-0.39, 0.29) is 30.4 Å². The lowest BCUT2D eigenvalue weighted by Gasteiger charge is -2.39. The number of benzene rings is 2. The lowest BCUT2D eigenvalue weighted by atomic mass is 10.1. The van der Waals surface area contributed by atoms with Crippen LogP contribution in [-0.2, 0) is 16.6 Å². The summed E-state index contributed by atoms with van der Waals surface area (Å²) < 4.78 is 43.0. The molecule has 5 rings (SSSR count). The van der Waals surface area contributed by atoms with Crippen molar-refractivity contribution in [2.24, 2.45) is 0 Å². The van der Waals surface area contributed by atoms with Gasteiger partial charge in [0, 0.05) is 37.6 Å². The molecule has 1 saturated heterocycles. The van der Waals surface area contributed by atoms with E-state index in [1.807, 2.05) is 29.6 Å². The molecule has 0 spiro atoms. The summed E-state index contributed by atoms with van der Waals surface area (Å²) in [7, 11) is -3.78. The van der Waals surface area contributed by atoms with Crippen molar-refractivity contribution in [1.82, 2.24) is 13.8 Å². The number of carbonyl (C=O) groups is 1. The van der Waals surface area contributed by atoms with Crippen LogP contribution < -0.4 is 0 Å². The number of hydrogen-bond acceptors (Lipinski definition) is 4. The van der Waals surface area contributed by atoms with E-state index in [1.54, 1.807) is 23.2 Å². The molecule has 3 heterocycles. The molecule has 35 heavy (non-hydrogen) atoms. The Hall–Kier alpha value is -3.01. The minimum atomic E-state index is -3.78. The van der Waals surface area contributed by atoms with Crippen molar-refractivity contribution in [3.63, 3.8) is 0 Å². The molecule has 182 valence electrons. The van der Waals surface area contributed by atoms with Crippen molar-refractivity contribution in [3.8, 4) is 0 Å². The fourth-order valence-corrected chi connectivity index (χ4v) is 7.16. The minimum Gasteiger partial charge on any atom is -0.334 e. The quantitative estimate of drug-likeness (QED) is 0.389. The van der Waals surface area contributed by atoms with Crippen LogP contribution in [0.25, 0.3) is 10.2 Å². The highest BCUT2D eigenvalue weighted by molar-refractivity contribution is 7.89. The Morgan fingerprint density at radius 2 is 1.83 bits per heavy atom. The van der Waals surface area contributed by atoms with E-state index in [9.17, 15) is 17.6 Å². The summed E-state index contributed by atoms with van der Waals surface area (Å²) in [4.78, 5) is 16.5. The molecule has 1 amide bonds. The van der Waals surface area contributed by atoms with Crippen LogP contribution in [0.2, 0.25) is 0 Å². The third-order valence-corrected chi connectivity index (χ3v) is 9.56. The van der Waals surface area contributed by atoms with E-state index in [2.05, 4.69) is 23.6 Å². The van der Waals surface area contributed by atoms with E-state index < -0.39 is 21.9 Å². The van der Waals surface area contributed by atoms with E-state index in [4.69, 9.17) is 0 Å². The van der Waals surface area contributed by atoms with Gasteiger partial charge >= 0.3 is 0 Å². The Balaban J connectivity index is 1.39. The Bertz CT molecular complexity index is 1490. The molecule has 4 aromatic rings. The number of rotatable bonds is 5. The summed E-state index contributed by atoms with van der Waals surface area (Å²) in [5, 5.41) is 3.05. The molecule has 1 fully saturated rings. The predicted molar refractivity (Wildman–Crippen MR) is 136 cm³/mol. The average Bonchev–Trinajstić information content (AvgIpc) is 3.42. The molecule has 9 heteroatoms. The van der Waals surface area contributed by atoms with Crippen LogP contribution in [0.5, 0.6) is 0 Å². The SMILES string of the molecule is Cc1ccccc1Cn1c(C(=O)N2CCN(S(=O)(=O)c3ccc(F)cc3)[C@@H](C)C2)cc2ccsc21. The highest BCUT2D eigenvalue weighted by Crippen LogP contribution is 2.29. The zero-order chi connectivity index (χ0) is 24.7. The number of nitrogens with zero attached hydrogens (tertiary/aromatic N) is 3. The van der Waals surface area contributed by atoms with Gasteiger partial charge in [0.1, 0.15) is 16.3 Å². The summed E-state index contributed by atoms with van der Waals surface area (Å²) in [5.41, 5.74) is 2.92. The molecular weight excluding hydrogens is 485 g/mol. The van der Waals surface area contributed by atoms with E-state index in [1.165, 1.54) is 16.4 Å². The Morgan fingerprint density at radius 3 is 2.54 bits per heavy atom. The van der Waals surface area contributed by atoms with Gasteiger partial charge in [-0.15, -0.1) is 11.3 Å². The maximum atomic E-state index is 13.7. The summed E-state index contributed by atoms with van der Waals surface area (Å²) in [6, 6.07) is 16.5. The van der Waals surface area contributed by atoms with Gasteiger partial charge in [-0.05, 0) is 66.8 Å². The second-order valence-electron chi connectivity index (χ2n) is 8.89. The topological polar surface area (TPSA) is 62.6 Å². The van der Waals surface area contributed by atoms with E-state index in [0.29, 0.717) is 12.2 Å². The number of thiophene rings is 1. The van der Waals surface area contributed by atoms with Gasteiger partial charge in [-0.3, -0.25) is 4.79 Å². The number of halogens is 1. The second-order valence-corrected chi connectivity index (χ2v) is 11.7. The van der Waals surface area contributed by atoms with Crippen LogP contribution in [-0.4, -0.2) is 53.8 Å². The highest BCUT2D eigenvalue weighted by Gasteiger charge is 2.36. The third-order valence-electron chi connectivity index (χ3n) is 6.59. The first kappa shape index (κ1) is 23.7. The number of fused-ring (bicyclic) bond motifs is 1. The van der Waals surface area contributed by atoms with Gasteiger partial charge < -0.3 is 9.47 Å². The van der Waals surface area contributed by atoms with Crippen molar-refractivity contribution < 1.29 is 17.6 Å². The molecule has 2 aromatic heterocycles. The van der Waals surface area contributed by atoms with Crippen LogP contribution in [0.4, 0.5) is 4.39 Å². The largest absolute Gasteiger partial charge is 0.334 e. The highest BCUT2D eigenvalue weighted by atomic mass is 32.2. The summed E-state index contributed by atoms with van der Waals surface area (Å²) >= 11 is 1.60. The molecular formula is C26H26FN3O3S2. The average molecular weight is 512 g/mol. The molecule has 0 unspecified atom stereocenters. The van der Waals surface area contributed by atoms with Crippen molar-refractivity contribution in [1.29, 1.82) is 0 Å². The number of hydrogen-bond donors (Lipinski definition) is 0. The van der Waals surface area contributed by atoms with Gasteiger partial charge in [-0.1, -0.05) is 24.3 Å². The number of sulfonamides is 1. The molecule has 0 radical (unpaired) electrons. The number of aromatic nitrogens is 1. The maximum Gasteiger partial charge on any atom is 0.270 e. The molecule has 1 aliphatic heterocycles. The van der Waals surface area contributed by atoms with E-state index >= 15 is 0 Å². The molecule has 0 saturated carbocycles. The Kier molecular flexibility index (Phi) is 6.25. The smallest absolute Gasteiger partial charge is 0.270 e. The normalized spacial score (nSPS) is 17.2. The second kappa shape index (κ2) is 9.22. The van der Waals surface area contributed by atoms with Crippen LogP contribution in [0.15, 0.2) is 70.9 Å². The van der Waals surface area contributed by atoms with Gasteiger partial charge in [-0.25, -0.2) is 12.8 Å². The number of amides is 1. The Morgan fingerprint density at radius 1 is 1.09 bits per heavy atom. The van der Waals surface area contributed by atoms with Crippen LogP contribution in [0.1, 0.15) is 28.5 Å². The van der Waals surface area contributed by atoms with Crippen LogP contribution in [0.3, 0.4) is 0 Å². The first-order chi connectivity index (χ1) is 16.8. The predicted octanol–water partition coefficient (Wildman–Crippen LogP) is 4.73. The zero-order valence-electron chi connectivity index (χ0n) is 19.5. The van der Waals surface area contributed by atoms with Crippen molar-refractivity contribution in [2.45, 2.75) is 31.3 Å². The zero-order valence-corrected chi connectivity index (χ0v) is 21.2. The molecule has 2 aromatic carbocycles. The summed E-state index contributed by atoms with van der Waals surface area (Å²) in [5.74, 6) is -0.589. The monoisotopic (exact) mass is 511 g/mol. The Labute approximate surface area is 208 Å². The molecule has 6 nitrogen and oxygen atoms in total. The molecule has 0 aliphatic carbocycles. The minimum absolute atomic E-state index is 0.0536. The maximum absolute atomic E-state index is 13.7. The van der Waals surface area contributed by atoms with Crippen molar-refractivity contribution in [2.75, 3.05) is 19.6 Å². The lowest BCUT2D eigenvalue weighted by molar-refractivity contribution is 0.0632. The fourth-order valence-electron chi connectivity index (χ4n) is 4.65.